The maximum Gasteiger partial charge on any atom is 0.246 e. The number of hydrogen-bond donors (Lipinski definition) is 0. The Labute approximate surface area is 174 Å². The first kappa shape index (κ1) is 23.4. The summed E-state index contributed by atoms with van der Waals surface area (Å²) >= 11 is 0. The van der Waals surface area contributed by atoms with Gasteiger partial charge in [-0.25, -0.2) is 17.2 Å². The van der Waals surface area contributed by atoms with Crippen molar-refractivity contribution in [1.82, 2.24) is 4.90 Å². The van der Waals surface area contributed by atoms with E-state index in [9.17, 15) is 22.0 Å². The van der Waals surface area contributed by atoms with Crippen molar-refractivity contribution >= 4 is 21.6 Å². The van der Waals surface area contributed by atoms with Gasteiger partial charge in [-0.1, -0.05) is 6.07 Å². The number of carbonyl (C=O) groups is 1. The molecule has 0 aliphatic heterocycles. The van der Waals surface area contributed by atoms with Gasteiger partial charge in [0.1, 0.15) is 6.04 Å². The topological polar surface area (TPSA) is 76.2 Å². The monoisotopic (exact) mass is 442 g/mol. The summed E-state index contributed by atoms with van der Waals surface area (Å²) in [6, 6.07) is 6.63. The molecule has 10 heteroatoms. The summed E-state index contributed by atoms with van der Waals surface area (Å²) in [7, 11) is 0.555. The van der Waals surface area contributed by atoms with Crippen LogP contribution in [0.3, 0.4) is 0 Å². The number of rotatable bonds is 8. The minimum absolute atomic E-state index is 0.142. The van der Waals surface area contributed by atoms with Crippen molar-refractivity contribution in [2.75, 3.05) is 31.8 Å². The molecule has 1 atom stereocenters. The summed E-state index contributed by atoms with van der Waals surface area (Å²) in [5.74, 6) is -1.83. The molecule has 0 N–H and O–H groups in total. The third kappa shape index (κ3) is 5.18. The Morgan fingerprint density at radius 3 is 2.20 bits per heavy atom. The fourth-order valence-electron chi connectivity index (χ4n) is 3.07. The van der Waals surface area contributed by atoms with E-state index >= 15 is 0 Å². The predicted molar refractivity (Wildman–Crippen MR) is 109 cm³/mol. The highest BCUT2D eigenvalue weighted by atomic mass is 32.2. The Morgan fingerprint density at radius 1 is 1.03 bits per heavy atom. The van der Waals surface area contributed by atoms with Crippen LogP contribution in [0, 0.1) is 11.6 Å². The first-order chi connectivity index (χ1) is 14.0. The Bertz CT molecular complexity index is 1030. The fourth-order valence-corrected chi connectivity index (χ4v) is 4.24. The summed E-state index contributed by atoms with van der Waals surface area (Å²) in [5.41, 5.74) is 0.589. The number of sulfonamides is 1. The molecule has 2 aromatic carbocycles. The van der Waals surface area contributed by atoms with Crippen LogP contribution in [0.15, 0.2) is 36.4 Å². The smallest absolute Gasteiger partial charge is 0.246 e. The van der Waals surface area contributed by atoms with Gasteiger partial charge in [0.15, 0.2) is 23.1 Å². The lowest BCUT2D eigenvalue weighted by molar-refractivity contribution is -0.131. The van der Waals surface area contributed by atoms with Gasteiger partial charge in [-0.15, -0.1) is 0 Å². The molecule has 0 heterocycles. The van der Waals surface area contributed by atoms with Gasteiger partial charge in [-0.05, 0) is 36.8 Å². The van der Waals surface area contributed by atoms with Crippen LogP contribution in [-0.4, -0.2) is 52.8 Å². The highest BCUT2D eigenvalue weighted by Crippen LogP contribution is 2.28. The van der Waals surface area contributed by atoms with E-state index in [0.29, 0.717) is 11.5 Å². The van der Waals surface area contributed by atoms with E-state index in [1.54, 1.807) is 18.2 Å². The Kier molecular flexibility index (Phi) is 7.25. The minimum Gasteiger partial charge on any atom is -0.493 e. The van der Waals surface area contributed by atoms with E-state index in [1.165, 1.54) is 33.1 Å². The van der Waals surface area contributed by atoms with Gasteiger partial charge >= 0.3 is 0 Å². The normalized spacial score (nSPS) is 12.2. The van der Waals surface area contributed by atoms with E-state index in [4.69, 9.17) is 9.47 Å². The van der Waals surface area contributed by atoms with Crippen LogP contribution in [0.5, 0.6) is 11.5 Å². The van der Waals surface area contributed by atoms with E-state index in [1.807, 2.05) is 0 Å². The molecule has 164 valence electrons. The third-order valence-corrected chi connectivity index (χ3v) is 5.71. The SMILES string of the molecule is COc1ccc(CN(C)C(=O)C(C)N(c2ccc(F)c(F)c2)S(C)(=O)=O)cc1OC. The number of ether oxygens (including phenoxy) is 2. The zero-order valence-electron chi connectivity index (χ0n) is 17.3. The molecule has 0 aliphatic rings. The molecule has 2 rings (SSSR count). The van der Waals surface area contributed by atoms with Crippen molar-refractivity contribution in [3.63, 3.8) is 0 Å². The van der Waals surface area contributed by atoms with Crippen LogP contribution in [0.1, 0.15) is 12.5 Å². The lowest BCUT2D eigenvalue weighted by Gasteiger charge is -2.31. The second-order valence-corrected chi connectivity index (χ2v) is 8.58. The number of hydrogen-bond acceptors (Lipinski definition) is 5. The number of amides is 1. The molecule has 7 nitrogen and oxygen atoms in total. The van der Waals surface area contributed by atoms with Crippen molar-refractivity contribution in [1.29, 1.82) is 0 Å². The first-order valence-electron chi connectivity index (χ1n) is 8.90. The van der Waals surface area contributed by atoms with Crippen LogP contribution >= 0.6 is 0 Å². The number of halogens is 2. The van der Waals surface area contributed by atoms with Crippen LogP contribution < -0.4 is 13.8 Å². The Hall–Kier alpha value is -2.88. The van der Waals surface area contributed by atoms with Crippen LogP contribution in [0.2, 0.25) is 0 Å². The fraction of sp³-hybridized carbons (Fsp3) is 0.350. The van der Waals surface area contributed by atoms with Gasteiger partial charge in [0.2, 0.25) is 15.9 Å². The van der Waals surface area contributed by atoms with Crippen molar-refractivity contribution in [3.8, 4) is 11.5 Å². The van der Waals surface area contributed by atoms with Crippen molar-refractivity contribution in [2.24, 2.45) is 0 Å². The molecule has 1 amide bonds. The molecule has 0 bridgehead atoms. The quantitative estimate of drug-likeness (QED) is 0.629. The Balaban J connectivity index is 2.29. The predicted octanol–water partition coefficient (Wildman–Crippen LogP) is 2.80. The second-order valence-electron chi connectivity index (χ2n) is 6.72. The molecule has 1 unspecified atom stereocenters. The summed E-state index contributed by atoms with van der Waals surface area (Å²) in [4.78, 5) is 14.3. The minimum atomic E-state index is -3.96. The summed E-state index contributed by atoms with van der Waals surface area (Å²) in [5, 5.41) is 0. The first-order valence-corrected chi connectivity index (χ1v) is 10.7. The average molecular weight is 442 g/mol. The number of anilines is 1. The molecular formula is C20H24F2N2O5S. The maximum atomic E-state index is 13.7. The summed E-state index contributed by atoms with van der Waals surface area (Å²) in [6.07, 6.45) is 0.895. The molecule has 0 fully saturated rings. The van der Waals surface area contributed by atoms with Gasteiger partial charge in [0, 0.05) is 19.7 Å². The van der Waals surface area contributed by atoms with Gasteiger partial charge < -0.3 is 14.4 Å². The lowest BCUT2D eigenvalue weighted by Crippen LogP contribution is -2.48. The zero-order chi connectivity index (χ0) is 22.6. The summed E-state index contributed by atoms with van der Waals surface area (Å²) in [6.45, 7) is 1.55. The highest BCUT2D eigenvalue weighted by molar-refractivity contribution is 7.92. The molecule has 0 radical (unpaired) electrons. The number of likely N-dealkylation sites (N-methyl/N-ethyl adjacent to an activating group) is 1. The molecular weight excluding hydrogens is 418 g/mol. The van der Waals surface area contributed by atoms with Crippen LogP contribution in [0.4, 0.5) is 14.5 Å². The number of benzene rings is 2. The molecule has 30 heavy (non-hydrogen) atoms. The van der Waals surface area contributed by atoms with Gasteiger partial charge in [-0.2, -0.15) is 0 Å². The molecule has 0 saturated heterocycles. The van der Waals surface area contributed by atoms with E-state index in [0.717, 1.165) is 34.3 Å². The average Bonchev–Trinajstić information content (AvgIpc) is 2.68. The summed E-state index contributed by atoms with van der Waals surface area (Å²) < 4.78 is 62.8. The van der Waals surface area contributed by atoms with E-state index < -0.39 is 33.6 Å². The van der Waals surface area contributed by atoms with Gasteiger partial charge in [0.05, 0.1) is 26.2 Å². The van der Waals surface area contributed by atoms with Crippen LogP contribution in [0.25, 0.3) is 0 Å². The standard InChI is InChI=1S/C20H24F2N2O5S/c1-13(24(30(5,26)27)15-7-8-16(21)17(22)11-15)20(25)23(2)12-14-6-9-18(28-3)19(10-14)29-4/h6-11,13H,12H2,1-5H3. The molecule has 0 spiro atoms. The zero-order valence-corrected chi connectivity index (χ0v) is 18.2. The number of methoxy groups -OCH3 is 2. The van der Waals surface area contributed by atoms with Crippen molar-refractivity contribution in [3.05, 3.63) is 53.6 Å². The van der Waals surface area contributed by atoms with Crippen molar-refractivity contribution in [2.45, 2.75) is 19.5 Å². The highest BCUT2D eigenvalue weighted by Gasteiger charge is 2.31. The number of carbonyl (C=O) groups excluding carboxylic acids is 1. The van der Waals surface area contributed by atoms with Gasteiger partial charge in [-0.3, -0.25) is 9.10 Å². The molecule has 0 saturated carbocycles. The van der Waals surface area contributed by atoms with E-state index in [-0.39, 0.29) is 12.2 Å². The van der Waals surface area contributed by atoms with E-state index in [2.05, 4.69) is 0 Å². The molecule has 2 aromatic rings. The van der Waals surface area contributed by atoms with Crippen molar-refractivity contribution < 1.29 is 31.5 Å². The molecule has 0 aromatic heterocycles. The molecule has 0 aliphatic carbocycles. The number of nitrogens with zero attached hydrogens (tertiary/aromatic N) is 2. The largest absolute Gasteiger partial charge is 0.493 e. The Morgan fingerprint density at radius 2 is 1.67 bits per heavy atom. The van der Waals surface area contributed by atoms with Crippen LogP contribution in [-0.2, 0) is 21.4 Å². The third-order valence-electron chi connectivity index (χ3n) is 4.47. The second kappa shape index (κ2) is 9.29. The maximum absolute atomic E-state index is 13.7. The van der Waals surface area contributed by atoms with Gasteiger partial charge in [0.25, 0.3) is 0 Å². The lowest BCUT2D eigenvalue weighted by atomic mass is 10.1.